The van der Waals surface area contributed by atoms with E-state index in [0.717, 1.165) is 38.9 Å². The Morgan fingerprint density at radius 2 is 2.14 bits per heavy atom. The summed E-state index contributed by atoms with van der Waals surface area (Å²) in [5.74, 6) is -0.379. The number of rotatable bonds is 8. The lowest BCUT2D eigenvalue weighted by atomic mass is 10.0. The van der Waals surface area contributed by atoms with Crippen LogP contribution in [0.5, 0.6) is 0 Å². The number of aliphatic hydroxyl groups is 1. The summed E-state index contributed by atoms with van der Waals surface area (Å²) in [6.45, 7) is 3.73. The molecule has 0 spiro atoms. The first-order chi connectivity index (χ1) is 10.5. The second kappa shape index (κ2) is 8.36. The van der Waals surface area contributed by atoms with Gasteiger partial charge in [0.15, 0.2) is 0 Å². The summed E-state index contributed by atoms with van der Waals surface area (Å²) in [6, 6.07) is 2.87. The van der Waals surface area contributed by atoms with Crippen molar-refractivity contribution in [1.82, 2.24) is 10.6 Å². The Morgan fingerprint density at radius 3 is 2.86 bits per heavy atom. The van der Waals surface area contributed by atoms with E-state index in [1.807, 2.05) is 0 Å². The summed E-state index contributed by atoms with van der Waals surface area (Å²) in [5, 5.41) is 20.2. The molecule has 0 aromatic heterocycles. The number of β-amino-alcohol motifs (C(OH)–C–C–N with tert-alkyl or cyclic N) is 1. The highest BCUT2D eigenvalue weighted by atomic mass is 35.5. The second-order valence-electron chi connectivity index (χ2n) is 5.75. The maximum absolute atomic E-state index is 13.4. The minimum Gasteiger partial charge on any atom is -0.387 e. The second-order valence-corrected chi connectivity index (χ2v) is 6.63. The van der Waals surface area contributed by atoms with E-state index in [9.17, 15) is 9.50 Å². The summed E-state index contributed by atoms with van der Waals surface area (Å²) in [7, 11) is 0. The number of unbranched alkanes of at least 4 members (excludes halogenated alkanes) is 1. The van der Waals surface area contributed by atoms with E-state index in [2.05, 4.69) is 28.6 Å². The van der Waals surface area contributed by atoms with Crippen molar-refractivity contribution in [1.29, 1.82) is 0 Å². The van der Waals surface area contributed by atoms with E-state index in [1.165, 1.54) is 12.1 Å². The van der Waals surface area contributed by atoms with Crippen molar-refractivity contribution >= 4 is 29.9 Å². The maximum Gasteiger partial charge on any atom is 0.138 e. The van der Waals surface area contributed by atoms with Crippen molar-refractivity contribution in [2.45, 2.75) is 29.8 Å². The number of benzene rings is 1. The molecule has 1 heterocycles. The van der Waals surface area contributed by atoms with Crippen LogP contribution in [0, 0.1) is 5.82 Å². The molecule has 0 radical (unpaired) electrons. The molecule has 1 aliphatic rings. The number of thiol groups is 1. The molecule has 1 aliphatic heterocycles. The smallest absolute Gasteiger partial charge is 0.138 e. The Kier molecular flexibility index (Phi) is 6.77. The van der Waals surface area contributed by atoms with Crippen LogP contribution in [-0.4, -0.2) is 43.4 Å². The molecule has 1 fully saturated rings. The average Bonchev–Trinajstić information content (AvgIpc) is 2.90. The summed E-state index contributed by atoms with van der Waals surface area (Å²) in [5.41, 5.74) is -0.00553. The van der Waals surface area contributed by atoms with Crippen LogP contribution in [0.15, 0.2) is 17.0 Å². The van der Waals surface area contributed by atoms with Crippen LogP contribution in [0.2, 0.25) is 5.02 Å². The summed E-state index contributed by atoms with van der Waals surface area (Å²) >= 11 is 10.0. The number of halogens is 2. The number of hydrogen-bond donors (Lipinski definition) is 5. The van der Waals surface area contributed by atoms with Gasteiger partial charge in [-0.1, -0.05) is 11.6 Å². The molecule has 4 N–H and O–H groups in total. The number of hydrogen-bond acceptors (Lipinski definition) is 5. The summed E-state index contributed by atoms with van der Waals surface area (Å²) in [4.78, 5) is 0.249. The number of anilines is 1. The minimum atomic E-state index is -0.599. The van der Waals surface area contributed by atoms with Gasteiger partial charge in [0, 0.05) is 24.5 Å². The molecular weight excluding hydrogens is 325 g/mol. The monoisotopic (exact) mass is 347 g/mol. The molecular formula is C15H23ClFN3OS. The van der Waals surface area contributed by atoms with Crippen LogP contribution >= 0.6 is 24.2 Å². The molecule has 1 unspecified atom stereocenters. The minimum absolute atomic E-state index is 0.249. The third-order valence-corrected chi connectivity index (χ3v) is 4.46. The van der Waals surface area contributed by atoms with E-state index in [4.69, 9.17) is 11.6 Å². The Balaban J connectivity index is 1.59. The van der Waals surface area contributed by atoms with E-state index in [1.54, 1.807) is 0 Å². The van der Waals surface area contributed by atoms with Gasteiger partial charge < -0.3 is 21.1 Å². The molecule has 124 valence electrons. The van der Waals surface area contributed by atoms with Gasteiger partial charge in [0.25, 0.3) is 0 Å². The highest BCUT2D eigenvalue weighted by molar-refractivity contribution is 7.80. The van der Waals surface area contributed by atoms with Gasteiger partial charge in [0.05, 0.1) is 16.3 Å². The van der Waals surface area contributed by atoms with Crippen LogP contribution in [0.3, 0.4) is 0 Å². The molecule has 1 aromatic carbocycles. The van der Waals surface area contributed by atoms with Crippen molar-refractivity contribution < 1.29 is 9.50 Å². The van der Waals surface area contributed by atoms with Gasteiger partial charge in [-0.2, -0.15) is 0 Å². The van der Waals surface area contributed by atoms with Crippen LogP contribution in [0.4, 0.5) is 10.1 Å². The van der Waals surface area contributed by atoms with Gasteiger partial charge in [-0.05, 0) is 44.5 Å². The molecule has 4 nitrogen and oxygen atoms in total. The fraction of sp³-hybridized carbons (Fsp3) is 0.600. The summed E-state index contributed by atoms with van der Waals surface area (Å²) < 4.78 is 13.4. The van der Waals surface area contributed by atoms with E-state index in [-0.39, 0.29) is 10.7 Å². The highest BCUT2D eigenvalue weighted by Crippen LogP contribution is 2.27. The first-order valence-corrected chi connectivity index (χ1v) is 8.38. The molecule has 7 heteroatoms. The SMILES string of the molecule is OC1(CNCCCCNc2cc(F)c(S)cc2Cl)CCNC1. The van der Waals surface area contributed by atoms with Gasteiger partial charge in [0.2, 0.25) is 0 Å². The van der Waals surface area contributed by atoms with Crippen LogP contribution < -0.4 is 16.0 Å². The summed E-state index contributed by atoms with van der Waals surface area (Å²) in [6.07, 6.45) is 2.71. The maximum atomic E-state index is 13.4. The van der Waals surface area contributed by atoms with E-state index < -0.39 is 5.60 Å². The van der Waals surface area contributed by atoms with Gasteiger partial charge in [-0.25, -0.2) is 4.39 Å². The van der Waals surface area contributed by atoms with Crippen LogP contribution in [0.25, 0.3) is 0 Å². The van der Waals surface area contributed by atoms with Gasteiger partial charge in [-0.3, -0.25) is 0 Å². The van der Waals surface area contributed by atoms with Crippen LogP contribution in [-0.2, 0) is 0 Å². The molecule has 0 amide bonds. The third kappa shape index (κ3) is 5.28. The lowest BCUT2D eigenvalue weighted by Gasteiger charge is -2.21. The Hall–Kier alpha value is -0.530. The lowest BCUT2D eigenvalue weighted by Crippen LogP contribution is -2.42. The fourth-order valence-electron chi connectivity index (χ4n) is 2.47. The van der Waals surface area contributed by atoms with Crippen molar-refractivity contribution in [3.05, 3.63) is 23.0 Å². The van der Waals surface area contributed by atoms with Gasteiger partial charge in [-0.15, -0.1) is 12.6 Å². The van der Waals surface area contributed by atoms with Crippen LogP contribution in [0.1, 0.15) is 19.3 Å². The standard InChI is InChI=1S/C15H23ClFN3OS/c16-11-7-14(22)12(17)8-13(11)20-5-2-1-4-18-9-15(21)3-6-19-10-15/h7-8,18-22H,1-6,9-10H2. The molecule has 22 heavy (non-hydrogen) atoms. The van der Waals surface area contributed by atoms with Crippen molar-refractivity contribution in [3.63, 3.8) is 0 Å². The van der Waals surface area contributed by atoms with Gasteiger partial charge in [0.1, 0.15) is 5.82 Å². The highest BCUT2D eigenvalue weighted by Gasteiger charge is 2.29. The zero-order valence-electron chi connectivity index (χ0n) is 12.5. The van der Waals surface area contributed by atoms with Crippen molar-refractivity contribution in [2.24, 2.45) is 0 Å². The number of nitrogens with one attached hydrogen (secondary N) is 3. The van der Waals surface area contributed by atoms with E-state index in [0.29, 0.717) is 23.8 Å². The van der Waals surface area contributed by atoms with Crippen molar-refractivity contribution in [2.75, 3.05) is 38.0 Å². The first kappa shape index (κ1) is 17.8. The van der Waals surface area contributed by atoms with Gasteiger partial charge >= 0.3 is 0 Å². The Labute approximate surface area is 141 Å². The quantitative estimate of drug-likeness (QED) is 0.370. The first-order valence-electron chi connectivity index (χ1n) is 7.56. The molecule has 2 rings (SSSR count). The fourth-order valence-corrected chi connectivity index (χ4v) is 2.97. The lowest BCUT2D eigenvalue weighted by molar-refractivity contribution is 0.0613. The topological polar surface area (TPSA) is 56.3 Å². The normalized spacial score (nSPS) is 21.3. The zero-order valence-corrected chi connectivity index (χ0v) is 14.1. The molecule has 1 aromatic rings. The predicted octanol–water partition coefficient (Wildman–Crippen LogP) is 2.27. The predicted molar refractivity (Wildman–Crippen MR) is 91.7 cm³/mol. The van der Waals surface area contributed by atoms with Crippen molar-refractivity contribution in [3.8, 4) is 0 Å². The van der Waals surface area contributed by atoms with E-state index >= 15 is 0 Å². The molecule has 1 saturated heterocycles. The Bertz CT molecular complexity index is 498. The molecule has 1 atom stereocenters. The molecule has 0 saturated carbocycles. The largest absolute Gasteiger partial charge is 0.387 e. The average molecular weight is 348 g/mol. The molecule has 0 bridgehead atoms. The Morgan fingerprint density at radius 1 is 1.36 bits per heavy atom. The third-order valence-electron chi connectivity index (χ3n) is 3.81. The molecule has 0 aliphatic carbocycles. The zero-order chi connectivity index (χ0) is 16.0.